The number of benzene rings is 3. The van der Waals surface area contributed by atoms with Crippen LogP contribution >= 0.6 is 0 Å². The highest BCUT2D eigenvalue weighted by Crippen LogP contribution is 2.33. The summed E-state index contributed by atoms with van der Waals surface area (Å²) < 4.78 is 87.9. The van der Waals surface area contributed by atoms with Crippen molar-refractivity contribution in [1.29, 1.82) is 0 Å². The van der Waals surface area contributed by atoms with Gasteiger partial charge >= 0.3 is 30.3 Å². The van der Waals surface area contributed by atoms with Crippen LogP contribution in [0.25, 0.3) is 11.1 Å². The van der Waals surface area contributed by atoms with Crippen molar-refractivity contribution >= 4 is 17.9 Å². The fraction of sp³-hybridized carbons (Fsp3) is 0.300. The summed E-state index contributed by atoms with van der Waals surface area (Å²) >= 11 is 0. The molecule has 0 aliphatic carbocycles. The van der Waals surface area contributed by atoms with E-state index in [1.165, 1.54) is 24.3 Å². The first kappa shape index (κ1) is 38.3. The number of carbonyl (C=O) groups is 3. The van der Waals surface area contributed by atoms with Gasteiger partial charge in [0, 0.05) is 13.1 Å². The maximum Gasteiger partial charge on any atom is 0.490 e. The number of ether oxygens (including phenoxy) is 2. The molecular formula is C30H28F7NO9. The summed E-state index contributed by atoms with van der Waals surface area (Å²) in [7, 11) is 0. The molecule has 1 aliphatic rings. The third kappa shape index (κ3) is 13.2. The van der Waals surface area contributed by atoms with Crippen LogP contribution < -0.4 is 14.8 Å². The van der Waals surface area contributed by atoms with E-state index in [-0.39, 0.29) is 24.1 Å². The zero-order valence-electron chi connectivity index (χ0n) is 24.0. The van der Waals surface area contributed by atoms with Crippen LogP contribution in [0.5, 0.6) is 11.5 Å². The van der Waals surface area contributed by atoms with Gasteiger partial charge in [-0.2, -0.15) is 26.3 Å². The van der Waals surface area contributed by atoms with E-state index in [1.807, 2.05) is 30.3 Å². The molecule has 10 nitrogen and oxygen atoms in total. The normalized spacial score (nSPS) is 14.5. The lowest BCUT2D eigenvalue weighted by atomic mass is 9.94. The van der Waals surface area contributed by atoms with Crippen LogP contribution in [-0.4, -0.2) is 82.6 Å². The van der Waals surface area contributed by atoms with E-state index in [0.29, 0.717) is 24.4 Å². The molecule has 0 fully saturated rings. The Kier molecular flexibility index (Phi) is 14.0. The monoisotopic (exact) mass is 679 g/mol. The molecule has 1 aliphatic heterocycles. The van der Waals surface area contributed by atoms with Gasteiger partial charge in [0.15, 0.2) is 0 Å². The maximum absolute atomic E-state index is 12.9. The standard InChI is InChI=1S/C26H26FNO5.2C2HF3O2/c27-19-7-10-21(11-8-19)32-16-20(29)14-28-15-22-9-5-18-13-17(6-12-25(18)33-22)23-3-1-2-4-24(23)26(30)31;2*3-2(4,5)1(6)7/h1-4,6-8,10-13,20,22,28-29H,5,9,14-16H2,(H,30,31);2*(H,6,7)/t20?,22-;;/m1../s1. The average molecular weight is 680 g/mol. The summed E-state index contributed by atoms with van der Waals surface area (Å²) in [5, 5.41) is 37.0. The lowest BCUT2D eigenvalue weighted by molar-refractivity contribution is -0.193. The molecule has 3 aromatic carbocycles. The molecular weight excluding hydrogens is 651 g/mol. The van der Waals surface area contributed by atoms with E-state index in [9.17, 15) is 45.7 Å². The van der Waals surface area contributed by atoms with Crippen molar-refractivity contribution < 1.29 is 75.0 Å². The summed E-state index contributed by atoms with van der Waals surface area (Å²) in [6, 6.07) is 18.4. The van der Waals surface area contributed by atoms with Gasteiger partial charge in [0.2, 0.25) is 0 Å². The van der Waals surface area contributed by atoms with Crippen LogP contribution in [0.2, 0.25) is 0 Å². The number of rotatable bonds is 9. The van der Waals surface area contributed by atoms with E-state index in [0.717, 1.165) is 29.7 Å². The molecule has 1 unspecified atom stereocenters. The van der Waals surface area contributed by atoms with Crippen LogP contribution in [0.1, 0.15) is 22.3 Å². The van der Waals surface area contributed by atoms with Gasteiger partial charge in [-0.15, -0.1) is 0 Å². The second-order valence-electron chi connectivity index (χ2n) is 9.63. The summed E-state index contributed by atoms with van der Waals surface area (Å²) in [5.41, 5.74) is 2.87. The number of aromatic carboxylic acids is 1. The van der Waals surface area contributed by atoms with E-state index < -0.39 is 36.4 Å². The average Bonchev–Trinajstić information content (AvgIpc) is 3.00. The highest BCUT2D eigenvalue weighted by atomic mass is 19.4. The molecule has 0 bridgehead atoms. The van der Waals surface area contributed by atoms with Gasteiger partial charge in [-0.05, 0) is 72.0 Å². The van der Waals surface area contributed by atoms with Crippen LogP contribution in [-0.2, 0) is 16.0 Å². The van der Waals surface area contributed by atoms with Crippen molar-refractivity contribution in [2.24, 2.45) is 0 Å². The summed E-state index contributed by atoms with van der Waals surface area (Å²) in [6.45, 7) is 1.03. The molecule has 0 aromatic heterocycles. The largest absolute Gasteiger partial charge is 0.491 e. The molecule has 4 rings (SSSR count). The Morgan fingerprint density at radius 2 is 1.47 bits per heavy atom. The van der Waals surface area contributed by atoms with Crippen molar-refractivity contribution in [1.82, 2.24) is 5.32 Å². The van der Waals surface area contributed by atoms with E-state index in [1.54, 1.807) is 12.1 Å². The van der Waals surface area contributed by atoms with Gasteiger partial charge in [0.25, 0.3) is 0 Å². The molecule has 47 heavy (non-hydrogen) atoms. The van der Waals surface area contributed by atoms with Gasteiger partial charge in [-0.25, -0.2) is 18.8 Å². The number of hydrogen-bond donors (Lipinski definition) is 5. The topological polar surface area (TPSA) is 163 Å². The van der Waals surface area contributed by atoms with Crippen molar-refractivity contribution in [3.8, 4) is 22.6 Å². The van der Waals surface area contributed by atoms with E-state index in [4.69, 9.17) is 29.3 Å². The number of aliphatic hydroxyl groups excluding tert-OH is 1. The van der Waals surface area contributed by atoms with Crippen molar-refractivity contribution in [3.63, 3.8) is 0 Å². The molecule has 0 spiro atoms. The number of carboxylic acid groups (broad SMARTS) is 3. The first-order valence-electron chi connectivity index (χ1n) is 13.4. The zero-order valence-corrected chi connectivity index (χ0v) is 24.0. The van der Waals surface area contributed by atoms with Gasteiger partial charge in [-0.1, -0.05) is 24.3 Å². The van der Waals surface area contributed by atoms with Crippen molar-refractivity contribution in [2.75, 3.05) is 19.7 Å². The minimum absolute atomic E-state index is 0.0279. The number of aryl methyl sites for hydroxylation is 1. The molecule has 5 N–H and O–H groups in total. The first-order chi connectivity index (χ1) is 21.9. The summed E-state index contributed by atoms with van der Waals surface area (Å²) in [4.78, 5) is 29.3. The van der Waals surface area contributed by atoms with Crippen molar-refractivity contribution in [2.45, 2.75) is 37.4 Å². The van der Waals surface area contributed by atoms with E-state index >= 15 is 0 Å². The lowest BCUT2D eigenvalue weighted by Gasteiger charge is -2.27. The number of nitrogens with one attached hydrogen (secondary N) is 1. The third-order valence-electron chi connectivity index (χ3n) is 6.05. The molecule has 2 atom stereocenters. The molecule has 0 saturated heterocycles. The Morgan fingerprint density at radius 3 is 2.02 bits per heavy atom. The molecule has 1 heterocycles. The molecule has 17 heteroatoms. The minimum atomic E-state index is -5.08. The minimum Gasteiger partial charge on any atom is -0.491 e. The van der Waals surface area contributed by atoms with E-state index in [2.05, 4.69) is 5.32 Å². The second-order valence-corrected chi connectivity index (χ2v) is 9.63. The van der Waals surface area contributed by atoms with Gasteiger partial charge < -0.3 is 35.2 Å². The van der Waals surface area contributed by atoms with Crippen LogP contribution in [0.15, 0.2) is 66.7 Å². The van der Waals surface area contributed by atoms with Crippen molar-refractivity contribution in [3.05, 3.63) is 83.7 Å². The maximum atomic E-state index is 12.9. The number of aliphatic hydroxyl groups is 1. The highest BCUT2D eigenvalue weighted by molar-refractivity contribution is 5.96. The summed E-state index contributed by atoms with van der Waals surface area (Å²) in [6.07, 6.45) is -9.27. The highest BCUT2D eigenvalue weighted by Gasteiger charge is 2.38. The molecule has 3 aromatic rings. The summed E-state index contributed by atoms with van der Waals surface area (Å²) in [5.74, 6) is -5.49. The third-order valence-corrected chi connectivity index (χ3v) is 6.05. The molecule has 0 saturated carbocycles. The Morgan fingerprint density at radius 1 is 0.894 bits per heavy atom. The Bertz CT molecular complexity index is 1470. The van der Waals surface area contributed by atoms with Gasteiger partial charge in [-0.3, -0.25) is 0 Å². The Balaban J connectivity index is 0.000000459. The number of hydrogen-bond acceptors (Lipinski definition) is 7. The quantitative estimate of drug-likeness (QED) is 0.191. The second kappa shape index (κ2) is 17.1. The first-order valence-corrected chi connectivity index (χ1v) is 13.4. The number of halogens is 7. The smallest absolute Gasteiger partial charge is 0.490 e. The zero-order chi connectivity index (χ0) is 35.4. The Hall–Kier alpha value is -4.90. The van der Waals surface area contributed by atoms with Crippen LogP contribution in [0.3, 0.4) is 0 Å². The molecule has 0 radical (unpaired) electrons. The molecule has 0 amide bonds. The van der Waals surface area contributed by atoms with Gasteiger partial charge in [0.05, 0.1) is 5.56 Å². The predicted octanol–water partition coefficient (Wildman–Crippen LogP) is 5.18. The van der Waals surface area contributed by atoms with Crippen LogP contribution in [0, 0.1) is 5.82 Å². The lowest BCUT2D eigenvalue weighted by Crippen LogP contribution is -2.39. The SMILES string of the molecule is O=C(O)C(F)(F)F.O=C(O)C(F)(F)F.O=C(O)c1ccccc1-c1ccc2c(c1)CC[C@H](CNCC(O)COc1ccc(F)cc1)O2. The number of aliphatic carboxylic acids is 2. The van der Waals surface area contributed by atoms with Crippen LogP contribution in [0.4, 0.5) is 30.7 Å². The fourth-order valence-electron chi connectivity index (χ4n) is 3.87. The number of carboxylic acids is 3. The Labute approximate surface area is 262 Å². The molecule has 256 valence electrons. The fourth-order valence-corrected chi connectivity index (χ4v) is 3.87. The van der Waals surface area contributed by atoms with Gasteiger partial charge in [0.1, 0.15) is 36.1 Å². The predicted molar refractivity (Wildman–Crippen MR) is 150 cm³/mol. The number of fused-ring (bicyclic) bond motifs is 1. The number of alkyl halides is 6.